The molecule has 1 fully saturated rings. The van der Waals surface area contributed by atoms with E-state index in [4.69, 9.17) is 19.6 Å². The molecule has 1 aliphatic rings. The molecule has 0 atom stereocenters. The number of carbonyl (C=O) groups is 1. The number of nitrogens with one attached hydrogen (secondary N) is 2. The van der Waals surface area contributed by atoms with Gasteiger partial charge in [-0.05, 0) is 33.0 Å². The van der Waals surface area contributed by atoms with E-state index in [0.717, 1.165) is 17.4 Å². The molecular formula is C20H30N6O4. The molecule has 3 N–H and O–H groups in total. The maximum Gasteiger partial charge on any atom is 0.407 e. The van der Waals surface area contributed by atoms with Gasteiger partial charge >= 0.3 is 6.09 Å². The molecule has 1 aromatic heterocycles. The van der Waals surface area contributed by atoms with E-state index in [1.165, 1.54) is 4.90 Å². The van der Waals surface area contributed by atoms with Gasteiger partial charge in [-0.15, -0.1) is 0 Å². The van der Waals surface area contributed by atoms with Crippen molar-refractivity contribution in [2.24, 2.45) is 0 Å². The third-order valence-corrected chi connectivity index (χ3v) is 5.15. The zero-order valence-corrected chi connectivity index (χ0v) is 17.9. The van der Waals surface area contributed by atoms with Crippen LogP contribution in [0.2, 0.25) is 0 Å². The van der Waals surface area contributed by atoms with E-state index in [0.29, 0.717) is 55.7 Å². The monoisotopic (exact) mass is 418 g/mol. The predicted octanol–water partition coefficient (Wildman–Crippen LogP) is 2.17. The first kappa shape index (κ1) is 21.7. The van der Waals surface area contributed by atoms with Crippen molar-refractivity contribution < 1.29 is 19.4 Å². The summed E-state index contributed by atoms with van der Waals surface area (Å²) in [5.41, 5.74) is 0.737. The van der Waals surface area contributed by atoms with Crippen LogP contribution < -0.4 is 20.1 Å². The first-order valence-corrected chi connectivity index (χ1v) is 9.98. The molecule has 30 heavy (non-hydrogen) atoms. The molecule has 1 aromatic carbocycles. The zero-order chi connectivity index (χ0) is 21.7. The minimum absolute atomic E-state index is 0.126. The number of fused-ring (bicyclic) bond motifs is 1. The number of aromatic nitrogens is 2. The van der Waals surface area contributed by atoms with Crippen LogP contribution in [0.1, 0.15) is 12.8 Å². The van der Waals surface area contributed by atoms with Crippen molar-refractivity contribution in [2.75, 3.05) is 65.1 Å². The number of hydrogen-bond donors (Lipinski definition) is 3. The molecule has 10 heteroatoms. The number of nitrogens with zero attached hydrogens (tertiary/aromatic N) is 4. The van der Waals surface area contributed by atoms with Gasteiger partial charge in [0.05, 0.1) is 19.7 Å². The van der Waals surface area contributed by atoms with Gasteiger partial charge < -0.3 is 35.0 Å². The van der Waals surface area contributed by atoms with Gasteiger partial charge in [0.2, 0.25) is 5.95 Å². The molecule has 2 heterocycles. The van der Waals surface area contributed by atoms with Crippen LogP contribution in [0.15, 0.2) is 12.1 Å². The number of anilines is 2. The molecule has 0 unspecified atom stereocenters. The summed E-state index contributed by atoms with van der Waals surface area (Å²) >= 11 is 0. The Morgan fingerprint density at radius 3 is 2.47 bits per heavy atom. The average molecular weight is 418 g/mol. The molecule has 0 saturated carbocycles. The Balaban J connectivity index is 1.89. The lowest BCUT2D eigenvalue weighted by atomic mass is 10.1. The quantitative estimate of drug-likeness (QED) is 0.594. The van der Waals surface area contributed by atoms with Crippen molar-refractivity contribution in [1.82, 2.24) is 19.8 Å². The van der Waals surface area contributed by atoms with E-state index >= 15 is 0 Å². The van der Waals surface area contributed by atoms with Gasteiger partial charge in [0.15, 0.2) is 11.5 Å². The average Bonchev–Trinajstić information content (AvgIpc) is 2.73. The van der Waals surface area contributed by atoms with Crippen molar-refractivity contribution >= 4 is 28.8 Å². The Hall–Kier alpha value is -3.01. The van der Waals surface area contributed by atoms with Crippen LogP contribution in [0.5, 0.6) is 11.5 Å². The molecule has 10 nitrogen and oxygen atoms in total. The minimum Gasteiger partial charge on any atom is -0.493 e. The molecule has 2 aromatic rings. The summed E-state index contributed by atoms with van der Waals surface area (Å²) in [6.07, 6.45) is 0.563. The Bertz CT molecular complexity index is 883. The zero-order valence-electron chi connectivity index (χ0n) is 17.9. The number of carboxylic acid groups (broad SMARTS) is 1. The summed E-state index contributed by atoms with van der Waals surface area (Å²) in [5.74, 6) is 2.43. The fourth-order valence-electron chi connectivity index (χ4n) is 3.44. The molecule has 0 bridgehead atoms. The first-order valence-electron chi connectivity index (χ1n) is 9.98. The van der Waals surface area contributed by atoms with E-state index in [-0.39, 0.29) is 6.04 Å². The molecule has 0 spiro atoms. The number of likely N-dealkylation sites (N-methyl/N-ethyl adjacent to an activating group) is 1. The summed E-state index contributed by atoms with van der Waals surface area (Å²) < 4.78 is 10.9. The van der Waals surface area contributed by atoms with Crippen molar-refractivity contribution in [3.63, 3.8) is 0 Å². The lowest BCUT2D eigenvalue weighted by Gasteiger charge is -2.31. The van der Waals surface area contributed by atoms with Gasteiger partial charge in [-0.1, -0.05) is 0 Å². The van der Waals surface area contributed by atoms with Gasteiger partial charge in [-0.25, -0.2) is 9.78 Å². The third kappa shape index (κ3) is 5.12. The number of ether oxygens (including phenoxy) is 2. The normalized spacial score (nSPS) is 14.8. The number of methoxy groups -OCH3 is 2. The largest absolute Gasteiger partial charge is 0.493 e. The van der Waals surface area contributed by atoms with Gasteiger partial charge in [0.25, 0.3) is 0 Å². The maximum absolute atomic E-state index is 11.2. The molecular weight excluding hydrogens is 388 g/mol. The summed E-state index contributed by atoms with van der Waals surface area (Å²) in [6.45, 7) is 2.56. The summed E-state index contributed by atoms with van der Waals surface area (Å²) in [7, 11) is 7.21. The molecule has 0 radical (unpaired) electrons. The SMILES string of the molecule is COc1cc2nc(NCCN(C)C)nc(NC3CCN(C(=O)O)CC3)c2cc1OC. The van der Waals surface area contributed by atoms with Gasteiger partial charge in [0.1, 0.15) is 5.82 Å². The fraction of sp³-hybridized carbons (Fsp3) is 0.550. The number of benzene rings is 1. The molecule has 3 rings (SSSR count). The second-order valence-corrected chi connectivity index (χ2v) is 7.54. The van der Waals surface area contributed by atoms with Crippen LogP contribution in [-0.4, -0.2) is 91.5 Å². The summed E-state index contributed by atoms with van der Waals surface area (Å²) in [5, 5.41) is 16.8. The Morgan fingerprint density at radius 1 is 1.20 bits per heavy atom. The summed E-state index contributed by atoms with van der Waals surface area (Å²) in [6, 6.07) is 3.83. The maximum atomic E-state index is 11.2. The highest BCUT2D eigenvalue weighted by Crippen LogP contribution is 2.35. The molecule has 1 aliphatic heterocycles. The van der Waals surface area contributed by atoms with E-state index in [2.05, 4.69) is 20.5 Å². The van der Waals surface area contributed by atoms with Crippen molar-refractivity contribution in [1.29, 1.82) is 0 Å². The first-order chi connectivity index (χ1) is 14.4. The van der Waals surface area contributed by atoms with E-state index in [1.54, 1.807) is 14.2 Å². The Morgan fingerprint density at radius 2 is 1.87 bits per heavy atom. The Labute approximate surface area is 176 Å². The highest BCUT2D eigenvalue weighted by Gasteiger charge is 2.23. The summed E-state index contributed by atoms with van der Waals surface area (Å²) in [4.78, 5) is 24.0. The van der Waals surface area contributed by atoms with Crippen LogP contribution in [0.4, 0.5) is 16.6 Å². The standard InChI is InChI=1S/C20H30N6O4/c1-25(2)10-7-21-19-23-15-12-17(30-4)16(29-3)11-14(15)18(24-19)22-13-5-8-26(9-6-13)20(27)28/h11-13H,5-10H2,1-4H3,(H,27,28)(H2,21,22,23,24). The number of amides is 1. The van der Waals surface area contributed by atoms with E-state index < -0.39 is 6.09 Å². The smallest absolute Gasteiger partial charge is 0.407 e. The van der Waals surface area contributed by atoms with E-state index in [9.17, 15) is 4.79 Å². The van der Waals surface area contributed by atoms with Crippen LogP contribution in [0.3, 0.4) is 0 Å². The van der Waals surface area contributed by atoms with Crippen molar-refractivity contribution in [2.45, 2.75) is 18.9 Å². The van der Waals surface area contributed by atoms with Crippen LogP contribution in [-0.2, 0) is 0 Å². The molecule has 164 valence electrons. The predicted molar refractivity (Wildman–Crippen MR) is 116 cm³/mol. The molecule has 1 saturated heterocycles. The number of piperidine rings is 1. The van der Waals surface area contributed by atoms with Crippen LogP contribution in [0.25, 0.3) is 10.9 Å². The van der Waals surface area contributed by atoms with E-state index in [1.807, 2.05) is 26.2 Å². The second kappa shape index (κ2) is 9.66. The minimum atomic E-state index is -0.870. The van der Waals surface area contributed by atoms with Crippen LogP contribution >= 0.6 is 0 Å². The van der Waals surface area contributed by atoms with Gasteiger partial charge in [-0.3, -0.25) is 0 Å². The van der Waals surface area contributed by atoms with Gasteiger partial charge in [-0.2, -0.15) is 4.98 Å². The third-order valence-electron chi connectivity index (χ3n) is 5.15. The Kier molecular flexibility index (Phi) is 6.99. The lowest BCUT2D eigenvalue weighted by Crippen LogP contribution is -2.41. The number of rotatable bonds is 8. The van der Waals surface area contributed by atoms with Gasteiger partial charge in [0, 0.05) is 43.7 Å². The lowest BCUT2D eigenvalue weighted by molar-refractivity contribution is 0.134. The highest BCUT2D eigenvalue weighted by atomic mass is 16.5. The van der Waals surface area contributed by atoms with Crippen molar-refractivity contribution in [3.8, 4) is 11.5 Å². The fourth-order valence-corrected chi connectivity index (χ4v) is 3.44. The molecule has 1 amide bonds. The number of likely N-dealkylation sites (tertiary alicyclic amines) is 1. The van der Waals surface area contributed by atoms with Crippen LogP contribution in [0, 0.1) is 0 Å². The topological polar surface area (TPSA) is 112 Å². The molecule has 0 aliphatic carbocycles. The highest BCUT2D eigenvalue weighted by molar-refractivity contribution is 5.92. The van der Waals surface area contributed by atoms with Crippen molar-refractivity contribution in [3.05, 3.63) is 12.1 Å². The number of hydrogen-bond acceptors (Lipinski definition) is 8. The second-order valence-electron chi connectivity index (χ2n) is 7.54.